The van der Waals surface area contributed by atoms with Crippen molar-refractivity contribution in [2.45, 2.75) is 44.7 Å². The van der Waals surface area contributed by atoms with E-state index in [9.17, 15) is 5.11 Å². The van der Waals surface area contributed by atoms with Crippen molar-refractivity contribution in [1.82, 2.24) is 5.32 Å². The predicted molar refractivity (Wildman–Crippen MR) is 75.8 cm³/mol. The van der Waals surface area contributed by atoms with E-state index in [0.29, 0.717) is 18.6 Å². The number of aliphatic hydroxyl groups excluding tert-OH is 1. The van der Waals surface area contributed by atoms with Crippen LogP contribution in [0.5, 0.6) is 0 Å². The smallest absolute Gasteiger partial charge is 0.0474 e. The van der Waals surface area contributed by atoms with Crippen molar-refractivity contribution in [3.63, 3.8) is 0 Å². The standard InChI is InChI=1S/C15H22ClNO/c1-11(12-6-4-7-14(16)9-12)17-15-8-3-2-5-13(15)10-18/h4,6-7,9,11,13,15,17-18H,2-3,5,8,10H2,1H3. The number of rotatable bonds is 4. The van der Waals surface area contributed by atoms with Crippen LogP contribution in [0.25, 0.3) is 0 Å². The van der Waals surface area contributed by atoms with Crippen LogP contribution < -0.4 is 5.32 Å². The molecular formula is C15H22ClNO. The lowest BCUT2D eigenvalue weighted by molar-refractivity contribution is 0.147. The highest BCUT2D eigenvalue weighted by Gasteiger charge is 2.25. The van der Waals surface area contributed by atoms with Crippen molar-refractivity contribution < 1.29 is 5.11 Å². The fourth-order valence-corrected chi connectivity index (χ4v) is 3.04. The third-order valence-electron chi connectivity index (χ3n) is 3.96. The number of hydrogen-bond donors (Lipinski definition) is 2. The van der Waals surface area contributed by atoms with Crippen LogP contribution in [0, 0.1) is 5.92 Å². The average molecular weight is 268 g/mol. The molecule has 0 aliphatic heterocycles. The van der Waals surface area contributed by atoms with Crippen molar-refractivity contribution in [2.75, 3.05) is 6.61 Å². The van der Waals surface area contributed by atoms with Gasteiger partial charge in [-0.2, -0.15) is 0 Å². The van der Waals surface area contributed by atoms with E-state index in [1.165, 1.54) is 18.4 Å². The van der Waals surface area contributed by atoms with Crippen molar-refractivity contribution in [1.29, 1.82) is 0 Å². The Morgan fingerprint density at radius 2 is 2.17 bits per heavy atom. The van der Waals surface area contributed by atoms with Gasteiger partial charge in [0.05, 0.1) is 0 Å². The highest BCUT2D eigenvalue weighted by atomic mass is 35.5. The van der Waals surface area contributed by atoms with E-state index in [-0.39, 0.29) is 6.04 Å². The van der Waals surface area contributed by atoms with Crippen LogP contribution in [0.1, 0.15) is 44.2 Å². The fraction of sp³-hybridized carbons (Fsp3) is 0.600. The third-order valence-corrected chi connectivity index (χ3v) is 4.19. The van der Waals surface area contributed by atoms with Crippen LogP contribution in [-0.2, 0) is 0 Å². The zero-order valence-corrected chi connectivity index (χ0v) is 11.7. The second-order valence-electron chi connectivity index (χ2n) is 5.28. The second-order valence-corrected chi connectivity index (χ2v) is 5.71. The molecule has 1 aliphatic carbocycles. The van der Waals surface area contributed by atoms with Crippen LogP contribution in [0.3, 0.4) is 0 Å². The Kier molecular flexibility index (Phi) is 5.04. The van der Waals surface area contributed by atoms with E-state index in [2.05, 4.69) is 18.3 Å². The third kappa shape index (κ3) is 3.47. The molecule has 1 aliphatic rings. The molecule has 1 aromatic rings. The van der Waals surface area contributed by atoms with E-state index in [1.807, 2.05) is 18.2 Å². The fourth-order valence-electron chi connectivity index (χ4n) is 2.84. The van der Waals surface area contributed by atoms with Gasteiger partial charge in [0.15, 0.2) is 0 Å². The minimum Gasteiger partial charge on any atom is -0.396 e. The molecule has 0 spiro atoms. The van der Waals surface area contributed by atoms with E-state index in [0.717, 1.165) is 17.9 Å². The van der Waals surface area contributed by atoms with Crippen molar-refractivity contribution in [3.8, 4) is 0 Å². The van der Waals surface area contributed by atoms with E-state index in [4.69, 9.17) is 11.6 Å². The van der Waals surface area contributed by atoms with E-state index >= 15 is 0 Å². The van der Waals surface area contributed by atoms with Gasteiger partial charge in [0.1, 0.15) is 0 Å². The topological polar surface area (TPSA) is 32.3 Å². The molecule has 0 amide bonds. The first-order chi connectivity index (χ1) is 8.70. The van der Waals surface area contributed by atoms with Gasteiger partial charge < -0.3 is 10.4 Å². The molecule has 0 aromatic heterocycles. The van der Waals surface area contributed by atoms with Gasteiger partial charge in [-0.3, -0.25) is 0 Å². The number of hydrogen-bond acceptors (Lipinski definition) is 2. The number of aliphatic hydroxyl groups is 1. The van der Waals surface area contributed by atoms with Crippen molar-refractivity contribution in [2.24, 2.45) is 5.92 Å². The number of nitrogens with one attached hydrogen (secondary N) is 1. The Balaban J connectivity index is 1.99. The summed E-state index contributed by atoms with van der Waals surface area (Å²) in [4.78, 5) is 0. The van der Waals surface area contributed by atoms with Crippen LogP contribution >= 0.6 is 11.6 Å². The van der Waals surface area contributed by atoms with Crippen LogP contribution in [0.4, 0.5) is 0 Å². The average Bonchev–Trinajstić information content (AvgIpc) is 2.39. The monoisotopic (exact) mass is 267 g/mol. The summed E-state index contributed by atoms with van der Waals surface area (Å²) in [6.07, 6.45) is 4.80. The van der Waals surface area contributed by atoms with Gasteiger partial charge in [-0.25, -0.2) is 0 Å². The maximum absolute atomic E-state index is 9.43. The summed E-state index contributed by atoms with van der Waals surface area (Å²) >= 11 is 6.02. The lowest BCUT2D eigenvalue weighted by atomic mass is 9.84. The maximum atomic E-state index is 9.43. The minimum atomic E-state index is 0.279. The molecule has 18 heavy (non-hydrogen) atoms. The van der Waals surface area contributed by atoms with Gasteiger partial charge in [0.2, 0.25) is 0 Å². The van der Waals surface area contributed by atoms with Crippen LogP contribution in [-0.4, -0.2) is 17.8 Å². The Labute approximate surface area is 114 Å². The summed E-state index contributed by atoms with van der Waals surface area (Å²) in [5.74, 6) is 0.403. The highest BCUT2D eigenvalue weighted by molar-refractivity contribution is 6.30. The summed E-state index contributed by atoms with van der Waals surface area (Å²) in [7, 11) is 0. The van der Waals surface area contributed by atoms with Gasteiger partial charge in [0.25, 0.3) is 0 Å². The molecule has 2 nitrogen and oxygen atoms in total. The van der Waals surface area contributed by atoms with Crippen LogP contribution in [0.15, 0.2) is 24.3 Å². The second kappa shape index (κ2) is 6.55. The largest absolute Gasteiger partial charge is 0.396 e. The van der Waals surface area contributed by atoms with E-state index in [1.54, 1.807) is 0 Å². The Bertz CT molecular complexity index is 383. The first-order valence-electron chi connectivity index (χ1n) is 6.83. The summed E-state index contributed by atoms with van der Waals surface area (Å²) < 4.78 is 0. The molecule has 0 radical (unpaired) electrons. The summed E-state index contributed by atoms with van der Waals surface area (Å²) in [6.45, 7) is 2.45. The molecule has 3 unspecified atom stereocenters. The molecule has 0 heterocycles. The van der Waals surface area contributed by atoms with Gasteiger partial charge in [-0.15, -0.1) is 0 Å². The zero-order chi connectivity index (χ0) is 13.0. The van der Waals surface area contributed by atoms with Gasteiger partial charge in [-0.1, -0.05) is 36.6 Å². The maximum Gasteiger partial charge on any atom is 0.0474 e. The Morgan fingerprint density at radius 1 is 1.39 bits per heavy atom. The molecule has 100 valence electrons. The molecule has 3 heteroatoms. The van der Waals surface area contributed by atoms with Gasteiger partial charge in [0, 0.05) is 23.7 Å². The molecule has 0 saturated heterocycles. The Morgan fingerprint density at radius 3 is 2.89 bits per heavy atom. The van der Waals surface area contributed by atoms with E-state index < -0.39 is 0 Å². The first-order valence-corrected chi connectivity index (χ1v) is 7.21. The molecular weight excluding hydrogens is 246 g/mol. The number of benzene rings is 1. The minimum absolute atomic E-state index is 0.279. The summed E-state index contributed by atoms with van der Waals surface area (Å²) in [6, 6.07) is 8.70. The molecule has 2 N–H and O–H groups in total. The molecule has 1 aromatic carbocycles. The SMILES string of the molecule is CC(NC1CCCCC1CO)c1cccc(Cl)c1. The predicted octanol–water partition coefficient (Wildman–Crippen LogP) is 3.54. The van der Waals surface area contributed by atoms with Crippen molar-refractivity contribution in [3.05, 3.63) is 34.9 Å². The lowest BCUT2D eigenvalue weighted by Gasteiger charge is -2.33. The number of halogens is 1. The van der Waals surface area contributed by atoms with Gasteiger partial charge >= 0.3 is 0 Å². The van der Waals surface area contributed by atoms with Crippen molar-refractivity contribution >= 4 is 11.6 Å². The molecule has 3 atom stereocenters. The lowest BCUT2D eigenvalue weighted by Crippen LogP contribution is -2.41. The molecule has 0 bridgehead atoms. The normalized spacial score (nSPS) is 25.9. The van der Waals surface area contributed by atoms with Crippen LogP contribution in [0.2, 0.25) is 5.02 Å². The highest BCUT2D eigenvalue weighted by Crippen LogP contribution is 2.27. The summed E-state index contributed by atoms with van der Waals surface area (Å²) in [5.41, 5.74) is 1.21. The Hall–Kier alpha value is -0.570. The molecule has 1 fully saturated rings. The zero-order valence-electron chi connectivity index (χ0n) is 10.9. The molecule has 2 rings (SSSR count). The first kappa shape index (κ1) is 13.9. The summed E-state index contributed by atoms with van der Waals surface area (Å²) in [5, 5.41) is 13.9. The quantitative estimate of drug-likeness (QED) is 0.875. The molecule has 1 saturated carbocycles. The van der Waals surface area contributed by atoms with Gasteiger partial charge in [-0.05, 0) is 43.4 Å².